The predicted molar refractivity (Wildman–Crippen MR) is 84.5 cm³/mol. The van der Waals surface area contributed by atoms with E-state index in [1.165, 1.54) is 30.5 Å². The third-order valence-electron chi connectivity index (χ3n) is 3.58. The van der Waals surface area contributed by atoms with Crippen LogP contribution < -0.4 is 10.2 Å². The van der Waals surface area contributed by atoms with Crippen LogP contribution in [-0.2, 0) is 13.0 Å². The average molecular weight is 288 g/mol. The quantitative estimate of drug-likeness (QED) is 0.937. The minimum Gasteiger partial charge on any atom is -0.364 e. The van der Waals surface area contributed by atoms with Gasteiger partial charge in [0.15, 0.2) is 0 Å². The molecule has 106 valence electrons. The maximum absolute atomic E-state index is 4.30. The van der Waals surface area contributed by atoms with Gasteiger partial charge >= 0.3 is 0 Å². The van der Waals surface area contributed by atoms with Crippen LogP contribution in [0.25, 0.3) is 0 Å². The lowest BCUT2D eigenvalue weighted by Gasteiger charge is -2.23. The summed E-state index contributed by atoms with van der Waals surface area (Å²) in [7, 11) is 0. The minimum atomic E-state index is 0.861. The smallest absolute Gasteiger partial charge is 0.205 e. The first-order valence-corrected chi connectivity index (χ1v) is 8.07. The van der Waals surface area contributed by atoms with Crippen molar-refractivity contribution in [3.8, 4) is 0 Å². The SMILES string of the molecule is CCNc1nnc(CN2CCCCc3ccccc32)s1. The second kappa shape index (κ2) is 6.22. The molecule has 1 aromatic heterocycles. The summed E-state index contributed by atoms with van der Waals surface area (Å²) < 4.78 is 0. The van der Waals surface area contributed by atoms with Crippen LogP contribution in [0.5, 0.6) is 0 Å². The molecule has 0 aliphatic carbocycles. The van der Waals surface area contributed by atoms with Crippen molar-refractivity contribution in [3.05, 3.63) is 34.8 Å². The first-order chi connectivity index (χ1) is 9.86. The van der Waals surface area contributed by atoms with E-state index in [-0.39, 0.29) is 0 Å². The topological polar surface area (TPSA) is 41.1 Å². The fraction of sp³-hybridized carbons (Fsp3) is 0.467. The molecule has 2 aromatic rings. The van der Waals surface area contributed by atoms with E-state index in [1.54, 1.807) is 11.3 Å². The van der Waals surface area contributed by atoms with E-state index in [1.807, 2.05) is 0 Å². The summed E-state index contributed by atoms with van der Waals surface area (Å²) in [5.41, 5.74) is 2.83. The van der Waals surface area contributed by atoms with Crippen molar-refractivity contribution in [2.24, 2.45) is 0 Å². The molecule has 0 saturated heterocycles. The summed E-state index contributed by atoms with van der Waals surface area (Å²) in [5.74, 6) is 0. The molecule has 20 heavy (non-hydrogen) atoms. The first kappa shape index (κ1) is 13.4. The molecule has 0 spiro atoms. The lowest BCUT2D eigenvalue weighted by Crippen LogP contribution is -2.23. The summed E-state index contributed by atoms with van der Waals surface area (Å²) in [6.07, 6.45) is 3.70. The van der Waals surface area contributed by atoms with Gasteiger partial charge in [0.05, 0.1) is 6.54 Å². The number of benzene rings is 1. The monoisotopic (exact) mass is 288 g/mol. The zero-order valence-corrected chi connectivity index (χ0v) is 12.6. The third kappa shape index (κ3) is 2.93. The number of aromatic nitrogens is 2. The van der Waals surface area contributed by atoms with Gasteiger partial charge in [0.25, 0.3) is 0 Å². The van der Waals surface area contributed by atoms with Gasteiger partial charge in [0, 0.05) is 18.8 Å². The first-order valence-electron chi connectivity index (χ1n) is 7.26. The lowest BCUT2D eigenvalue weighted by atomic mass is 10.1. The number of hydrogen-bond donors (Lipinski definition) is 1. The standard InChI is InChI=1S/C15H20N4S/c1-2-16-15-18-17-14(20-15)11-19-10-6-5-8-12-7-3-4-9-13(12)19/h3-4,7,9H,2,5-6,8,10-11H2,1H3,(H,16,18). The Kier molecular flexibility index (Phi) is 4.16. The largest absolute Gasteiger partial charge is 0.364 e. The molecular formula is C15H20N4S. The van der Waals surface area contributed by atoms with E-state index in [0.717, 1.165) is 29.8 Å². The van der Waals surface area contributed by atoms with Gasteiger partial charge in [0.1, 0.15) is 5.01 Å². The van der Waals surface area contributed by atoms with Crippen molar-refractivity contribution in [3.63, 3.8) is 0 Å². The second-order valence-corrected chi connectivity index (χ2v) is 6.10. The van der Waals surface area contributed by atoms with Gasteiger partial charge < -0.3 is 10.2 Å². The van der Waals surface area contributed by atoms with E-state index in [4.69, 9.17) is 0 Å². The number of aryl methyl sites for hydroxylation is 1. The number of nitrogens with one attached hydrogen (secondary N) is 1. The number of fused-ring (bicyclic) bond motifs is 1. The molecule has 3 rings (SSSR count). The molecule has 0 bridgehead atoms. The average Bonchev–Trinajstić information content (AvgIpc) is 2.80. The van der Waals surface area contributed by atoms with Gasteiger partial charge in [-0.2, -0.15) is 0 Å². The molecule has 0 unspecified atom stereocenters. The van der Waals surface area contributed by atoms with Crippen molar-refractivity contribution < 1.29 is 0 Å². The Morgan fingerprint density at radius 1 is 1.25 bits per heavy atom. The van der Waals surface area contributed by atoms with Crippen LogP contribution in [0.1, 0.15) is 30.3 Å². The number of nitrogens with zero attached hydrogens (tertiary/aromatic N) is 3. The Morgan fingerprint density at radius 3 is 3.05 bits per heavy atom. The Hall–Kier alpha value is -1.62. The fourth-order valence-electron chi connectivity index (χ4n) is 2.64. The molecule has 1 aliphatic rings. The Bertz CT molecular complexity index is 567. The van der Waals surface area contributed by atoms with Crippen molar-refractivity contribution in [1.29, 1.82) is 0 Å². The molecule has 0 atom stereocenters. The van der Waals surface area contributed by atoms with Crippen LogP contribution in [0, 0.1) is 0 Å². The highest BCUT2D eigenvalue weighted by Gasteiger charge is 2.16. The summed E-state index contributed by atoms with van der Waals surface area (Å²) in [6.45, 7) is 4.93. The minimum absolute atomic E-state index is 0.861. The van der Waals surface area contributed by atoms with Gasteiger partial charge in [-0.25, -0.2) is 0 Å². The third-order valence-corrected chi connectivity index (χ3v) is 4.44. The maximum Gasteiger partial charge on any atom is 0.205 e. The predicted octanol–water partition coefficient (Wildman–Crippen LogP) is 3.31. The molecule has 0 radical (unpaired) electrons. The van der Waals surface area contributed by atoms with Gasteiger partial charge in [-0.05, 0) is 37.8 Å². The van der Waals surface area contributed by atoms with E-state index in [2.05, 4.69) is 51.6 Å². The number of rotatable bonds is 4. The lowest BCUT2D eigenvalue weighted by molar-refractivity contribution is 0.710. The molecule has 2 heterocycles. The van der Waals surface area contributed by atoms with Gasteiger partial charge in [-0.3, -0.25) is 0 Å². The van der Waals surface area contributed by atoms with Gasteiger partial charge in [0.2, 0.25) is 5.13 Å². The zero-order valence-electron chi connectivity index (χ0n) is 11.8. The Balaban J connectivity index is 1.79. The Morgan fingerprint density at radius 2 is 2.15 bits per heavy atom. The van der Waals surface area contributed by atoms with Crippen LogP contribution >= 0.6 is 11.3 Å². The van der Waals surface area contributed by atoms with Crippen molar-refractivity contribution in [2.45, 2.75) is 32.7 Å². The van der Waals surface area contributed by atoms with Gasteiger partial charge in [-0.1, -0.05) is 29.5 Å². The highest BCUT2D eigenvalue weighted by molar-refractivity contribution is 7.15. The van der Waals surface area contributed by atoms with Crippen molar-refractivity contribution in [2.75, 3.05) is 23.3 Å². The Labute approximate surface area is 123 Å². The van der Waals surface area contributed by atoms with Crippen molar-refractivity contribution in [1.82, 2.24) is 10.2 Å². The zero-order chi connectivity index (χ0) is 13.8. The summed E-state index contributed by atoms with van der Waals surface area (Å²) in [6, 6.07) is 8.74. The van der Waals surface area contributed by atoms with Crippen molar-refractivity contribution >= 4 is 22.2 Å². The number of hydrogen-bond acceptors (Lipinski definition) is 5. The van der Waals surface area contributed by atoms with E-state index in [9.17, 15) is 0 Å². The molecule has 0 fully saturated rings. The van der Waals surface area contributed by atoms with Crippen LogP contribution in [0.2, 0.25) is 0 Å². The molecule has 5 heteroatoms. The normalized spacial score (nSPS) is 14.8. The summed E-state index contributed by atoms with van der Waals surface area (Å²) in [5, 5.41) is 13.7. The van der Waals surface area contributed by atoms with Crippen LogP contribution in [0.3, 0.4) is 0 Å². The molecule has 0 saturated carbocycles. The summed E-state index contributed by atoms with van der Waals surface area (Å²) >= 11 is 1.66. The van der Waals surface area contributed by atoms with Crippen LogP contribution in [-0.4, -0.2) is 23.3 Å². The molecule has 1 aromatic carbocycles. The van der Waals surface area contributed by atoms with Crippen LogP contribution in [0.4, 0.5) is 10.8 Å². The maximum atomic E-state index is 4.30. The van der Waals surface area contributed by atoms with E-state index < -0.39 is 0 Å². The molecule has 0 amide bonds. The highest BCUT2D eigenvalue weighted by Crippen LogP contribution is 2.28. The fourth-order valence-corrected chi connectivity index (χ4v) is 3.46. The molecule has 1 N–H and O–H groups in total. The van der Waals surface area contributed by atoms with Crippen LogP contribution in [0.15, 0.2) is 24.3 Å². The second-order valence-electron chi connectivity index (χ2n) is 5.04. The molecule has 4 nitrogen and oxygen atoms in total. The molecular weight excluding hydrogens is 268 g/mol. The molecule has 1 aliphatic heterocycles. The van der Waals surface area contributed by atoms with E-state index >= 15 is 0 Å². The highest BCUT2D eigenvalue weighted by atomic mass is 32.1. The van der Waals surface area contributed by atoms with E-state index in [0.29, 0.717) is 0 Å². The number of para-hydroxylation sites is 1. The van der Waals surface area contributed by atoms with Gasteiger partial charge in [-0.15, -0.1) is 10.2 Å². The number of anilines is 2. The summed E-state index contributed by atoms with van der Waals surface area (Å²) in [4.78, 5) is 2.44.